The van der Waals surface area contributed by atoms with Crippen molar-refractivity contribution < 1.29 is 4.79 Å². The number of nitrogens with zero attached hydrogens (tertiary/aromatic N) is 1. The molecule has 2 aliphatic rings. The van der Waals surface area contributed by atoms with Gasteiger partial charge < -0.3 is 10.2 Å². The van der Waals surface area contributed by atoms with Gasteiger partial charge in [0.1, 0.15) is 0 Å². The van der Waals surface area contributed by atoms with E-state index in [4.69, 9.17) is 0 Å². The second kappa shape index (κ2) is 6.68. The minimum atomic E-state index is -0.107. The molecule has 0 aromatic carbocycles. The maximum Gasteiger partial charge on any atom is 0.217 e. The molecule has 1 saturated heterocycles. The van der Waals surface area contributed by atoms with Crippen molar-refractivity contribution in [3.63, 3.8) is 0 Å². The lowest BCUT2D eigenvalue weighted by atomic mass is 9.80. The van der Waals surface area contributed by atoms with Gasteiger partial charge in [0.15, 0.2) is 0 Å². The lowest BCUT2D eigenvalue weighted by Gasteiger charge is -2.35. The number of rotatable bonds is 4. The van der Waals surface area contributed by atoms with E-state index in [1.165, 1.54) is 58.0 Å². The molecule has 1 unspecified atom stereocenters. The number of nitrogens with one attached hydrogen (secondary N) is 1. The predicted octanol–water partition coefficient (Wildman–Crippen LogP) is 3.73. The van der Waals surface area contributed by atoms with Gasteiger partial charge in [-0.15, -0.1) is 0 Å². The first kappa shape index (κ1) is 16.8. The molecule has 3 nitrogen and oxygen atoms in total. The van der Waals surface area contributed by atoms with Gasteiger partial charge in [0.25, 0.3) is 0 Å². The molecule has 2 rings (SSSR count). The molecular formula is C18H34N2O. The monoisotopic (exact) mass is 294 g/mol. The second-order valence-corrected chi connectivity index (χ2v) is 8.25. The Morgan fingerprint density at radius 3 is 2.38 bits per heavy atom. The lowest BCUT2D eigenvalue weighted by molar-refractivity contribution is -0.120. The van der Waals surface area contributed by atoms with Crippen LogP contribution in [0.3, 0.4) is 0 Å². The quantitative estimate of drug-likeness (QED) is 0.857. The summed E-state index contributed by atoms with van der Waals surface area (Å²) in [5.74, 6) is 0.0776. The summed E-state index contributed by atoms with van der Waals surface area (Å²) in [6, 6.07) is 0.550. The summed E-state index contributed by atoms with van der Waals surface area (Å²) in [7, 11) is 0. The van der Waals surface area contributed by atoms with Gasteiger partial charge in [-0.05, 0) is 58.4 Å². The molecule has 122 valence electrons. The molecule has 0 bridgehead atoms. The van der Waals surface area contributed by atoms with Gasteiger partial charge in [0.2, 0.25) is 5.91 Å². The first-order chi connectivity index (χ1) is 9.82. The van der Waals surface area contributed by atoms with Crippen molar-refractivity contribution in [1.82, 2.24) is 10.2 Å². The van der Waals surface area contributed by atoms with Gasteiger partial charge >= 0.3 is 0 Å². The van der Waals surface area contributed by atoms with Crippen molar-refractivity contribution in [2.75, 3.05) is 13.1 Å². The highest BCUT2D eigenvalue weighted by Gasteiger charge is 2.40. The van der Waals surface area contributed by atoms with Crippen LogP contribution in [0.1, 0.15) is 79.1 Å². The van der Waals surface area contributed by atoms with E-state index in [1.807, 2.05) is 0 Å². The Morgan fingerprint density at radius 2 is 1.81 bits per heavy atom. The molecule has 1 heterocycles. The summed E-state index contributed by atoms with van der Waals surface area (Å²) < 4.78 is 0. The summed E-state index contributed by atoms with van der Waals surface area (Å²) in [6.07, 6.45) is 11.0. The number of carbonyl (C=O) groups is 1. The Kier molecular flexibility index (Phi) is 5.34. The van der Waals surface area contributed by atoms with Crippen molar-refractivity contribution in [3.8, 4) is 0 Å². The number of hydrogen-bond acceptors (Lipinski definition) is 2. The van der Waals surface area contributed by atoms with Crippen LogP contribution in [0.5, 0.6) is 0 Å². The van der Waals surface area contributed by atoms with E-state index >= 15 is 0 Å². The minimum Gasteiger partial charge on any atom is -0.351 e. The van der Waals surface area contributed by atoms with Gasteiger partial charge in [-0.2, -0.15) is 0 Å². The summed E-state index contributed by atoms with van der Waals surface area (Å²) in [6.45, 7) is 10.8. The maximum atomic E-state index is 11.3. The Hall–Kier alpha value is -0.570. The molecule has 0 aromatic heterocycles. The van der Waals surface area contributed by atoms with Crippen molar-refractivity contribution in [2.24, 2.45) is 5.41 Å². The highest BCUT2D eigenvalue weighted by atomic mass is 16.1. The Morgan fingerprint density at radius 1 is 1.19 bits per heavy atom. The summed E-state index contributed by atoms with van der Waals surface area (Å²) in [4.78, 5) is 14.0. The lowest BCUT2D eigenvalue weighted by Crippen LogP contribution is -2.47. The number of hydrogen-bond donors (Lipinski definition) is 1. The number of amides is 1. The Bertz CT molecular complexity index is 356. The summed E-state index contributed by atoms with van der Waals surface area (Å²) in [5, 5.41) is 3.09. The van der Waals surface area contributed by atoms with Crippen LogP contribution in [0, 0.1) is 5.41 Å². The molecule has 1 amide bonds. The van der Waals surface area contributed by atoms with Gasteiger partial charge in [-0.3, -0.25) is 4.79 Å². The van der Waals surface area contributed by atoms with Crippen molar-refractivity contribution in [2.45, 2.75) is 90.6 Å². The smallest absolute Gasteiger partial charge is 0.217 e. The van der Waals surface area contributed by atoms with Crippen molar-refractivity contribution >= 4 is 5.91 Å². The molecule has 1 atom stereocenters. The molecular weight excluding hydrogens is 260 g/mol. The van der Waals surface area contributed by atoms with E-state index in [-0.39, 0.29) is 11.4 Å². The Balaban J connectivity index is 1.89. The third kappa shape index (κ3) is 4.70. The minimum absolute atomic E-state index is 0.0776. The third-order valence-electron chi connectivity index (χ3n) is 5.58. The summed E-state index contributed by atoms with van der Waals surface area (Å²) in [5.41, 5.74) is 0.507. The van der Waals surface area contributed by atoms with E-state index < -0.39 is 0 Å². The van der Waals surface area contributed by atoms with Crippen LogP contribution in [-0.4, -0.2) is 35.5 Å². The van der Waals surface area contributed by atoms with Crippen molar-refractivity contribution in [3.05, 3.63) is 0 Å². The average molecular weight is 294 g/mol. The van der Waals surface area contributed by atoms with E-state index in [0.717, 1.165) is 6.42 Å². The highest BCUT2D eigenvalue weighted by Crippen LogP contribution is 2.43. The van der Waals surface area contributed by atoms with Gasteiger partial charge in [0, 0.05) is 25.0 Å². The zero-order chi connectivity index (χ0) is 15.5. The number of likely N-dealkylation sites (tertiary alicyclic amines) is 1. The van der Waals surface area contributed by atoms with Crippen LogP contribution in [0.15, 0.2) is 0 Å². The molecule has 21 heavy (non-hydrogen) atoms. The average Bonchev–Trinajstić information content (AvgIpc) is 2.61. The molecule has 1 aliphatic heterocycles. The summed E-state index contributed by atoms with van der Waals surface area (Å²) >= 11 is 0. The first-order valence-electron chi connectivity index (χ1n) is 8.85. The van der Waals surface area contributed by atoms with Crippen LogP contribution < -0.4 is 5.32 Å². The van der Waals surface area contributed by atoms with Crippen LogP contribution >= 0.6 is 0 Å². The third-order valence-corrected chi connectivity index (χ3v) is 5.58. The molecule has 1 aliphatic carbocycles. The zero-order valence-electron chi connectivity index (χ0n) is 14.5. The fourth-order valence-electron chi connectivity index (χ4n) is 4.63. The van der Waals surface area contributed by atoms with E-state index in [9.17, 15) is 4.79 Å². The second-order valence-electron chi connectivity index (χ2n) is 8.25. The predicted molar refractivity (Wildman–Crippen MR) is 88.3 cm³/mol. The van der Waals surface area contributed by atoms with Crippen molar-refractivity contribution in [1.29, 1.82) is 0 Å². The molecule has 1 N–H and O–H groups in total. The SMILES string of the molecule is CC(=O)NC(C)(C)CC(C)N1CCC2(CCCCCC2)C1. The van der Waals surface area contributed by atoms with Gasteiger partial charge in [0.05, 0.1) is 0 Å². The van der Waals surface area contributed by atoms with E-state index in [0.29, 0.717) is 11.5 Å². The van der Waals surface area contributed by atoms with Crippen LogP contribution in [0.25, 0.3) is 0 Å². The van der Waals surface area contributed by atoms with E-state index in [2.05, 4.69) is 31.0 Å². The van der Waals surface area contributed by atoms with E-state index in [1.54, 1.807) is 6.92 Å². The zero-order valence-corrected chi connectivity index (χ0v) is 14.5. The fourth-order valence-corrected chi connectivity index (χ4v) is 4.63. The van der Waals surface area contributed by atoms with Crippen LogP contribution in [0.2, 0.25) is 0 Å². The normalized spacial score (nSPS) is 24.8. The largest absolute Gasteiger partial charge is 0.351 e. The molecule has 3 heteroatoms. The Labute approximate surface area is 130 Å². The standard InChI is InChI=1S/C18H34N2O/c1-15(13-17(3,4)19-16(2)21)20-12-11-18(14-20)9-7-5-6-8-10-18/h15H,5-14H2,1-4H3,(H,19,21). The van der Waals surface area contributed by atoms with Crippen LogP contribution in [0.4, 0.5) is 0 Å². The first-order valence-corrected chi connectivity index (χ1v) is 8.85. The molecule has 0 aromatic rings. The topological polar surface area (TPSA) is 32.3 Å². The fraction of sp³-hybridized carbons (Fsp3) is 0.944. The van der Waals surface area contributed by atoms with Gasteiger partial charge in [-0.1, -0.05) is 25.7 Å². The number of carbonyl (C=O) groups excluding carboxylic acids is 1. The molecule has 0 radical (unpaired) electrons. The molecule has 1 saturated carbocycles. The van der Waals surface area contributed by atoms with Gasteiger partial charge in [-0.25, -0.2) is 0 Å². The molecule has 1 spiro atoms. The highest BCUT2D eigenvalue weighted by molar-refractivity contribution is 5.73. The van der Waals surface area contributed by atoms with Crippen LogP contribution in [-0.2, 0) is 4.79 Å². The molecule has 2 fully saturated rings. The maximum absolute atomic E-state index is 11.3.